The van der Waals surface area contributed by atoms with Crippen LogP contribution in [0.3, 0.4) is 0 Å². The molecular formula is C12H10N2O4. The monoisotopic (exact) mass is 246 g/mol. The molecule has 2 N–H and O–H groups in total. The van der Waals surface area contributed by atoms with Crippen molar-refractivity contribution in [3.8, 4) is 11.5 Å². The standard InChI is InChI=1S/C12H10N2O4/c1-16-12(15)7-4-14-8-3-10-9(17-5-18-10)2-6(8)11(7)13/h2-4H,5H2,1H3,(H2,13,14). The van der Waals surface area contributed by atoms with E-state index < -0.39 is 5.97 Å². The van der Waals surface area contributed by atoms with Crippen molar-refractivity contribution in [2.45, 2.75) is 0 Å². The highest BCUT2D eigenvalue weighted by atomic mass is 16.7. The Labute approximate surface area is 102 Å². The highest BCUT2D eigenvalue weighted by Crippen LogP contribution is 2.37. The number of rotatable bonds is 1. The summed E-state index contributed by atoms with van der Waals surface area (Å²) in [5, 5.41) is 0.641. The predicted octanol–water partition coefficient (Wildman–Crippen LogP) is 1.33. The molecule has 0 spiro atoms. The normalized spacial score (nSPS) is 12.7. The van der Waals surface area contributed by atoms with Gasteiger partial charge in [0.1, 0.15) is 5.56 Å². The number of aromatic nitrogens is 1. The summed E-state index contributed by atoms with van der Waals surface area (Å²) < 4.78 is 15.2. The number of hydrogen-bond donors (Lipinski definition) is 1. The summed E-state index contributed by atoms with van der Waals surface area (Å²) in [6, 6.07) is 3.45. The van der Waals surface area contributed by atoms with Gasteiger partial charge in [-0.3, -0.25) is 4.98 Å². The molecule has 18 heavy (non-hydrogen) atoms. The van der Waals surface area contributed by atoms with Crippen molar-refractivity contribution < 1.29 is 19.0 Å². The van der Waals surface area contributed by atoms with Gasteiger partial charge in [0.05, 0.1) is 18.3 Å². The molecular weight excluding hydrogens is 236 g/mol. The molecule has 3 rings (SSSR count). The van der Waals surface area contributed by atoms with E-state index in [9.17, 15) is 4.79 Å². The number of esters is 1. The summed E-state index contributed by atoms with van der Waals surface area (Å²) in [4.78, 5) is 15.7. The predicted molar refractivity (Wildman–Crippen MR) is 63.6 cm³/mol. The van der Waals surface area contributed by atoms with Gasteiger partial charge in [0, 0.05) is 17.6 Å². The molecule has 0 unspecified atom stereocenters. The van der Waals surface area contributed by atoms with Crippen LogP contribution in [-0.2, 0) is 4.74 Å². The van der Waals surface area contributed by atoms with Gasteiger partial charge in [0.15, 0.2) is 11.5 Å². The molecule has 6 nitrogen and oxygen atoms in total. The van der Waals surface area contributed by atoms with Crippen molar-refractivity contribution in [1.82, 2.24) is 4.98 Å². The van der Waals surface area contributed by atoms with E-state index in [1.807, 2.05) is 0 Å². The van der Waals surface area contributed by atoms with Gasteiger partial charge in [-0.2, -0.15) is 0 Å². The lowest BCUT2D eigenvalue weighted by Crippen LogP contribution is -2.06. The van der Waals surface area contributed by atoms with E-state index in [-0.39, 0.29) is 12.4 Å². The Morgan fingerprint density at radius 3 is 2.83 bits per heavy atom. The molecule has 1 aliphatic heterocycles. The summed E-state index contributed by atoms with van der Waals surface area (Å²) in [6.45, 7) is 0.176. The Balaban J connectivity index is 2.25. The van der Waals surface area contributed by atoms with Crippen LogP contribution in [0.4, 0.5) is 5.69 Å². The van der Waals surface area contributed by atoms with Crippen LogP contribution in [0.2, 0.25) is 0 Å². The minimum absolute atomic E-state index is 0.176. The molecule has 0 fully saturated rings. The van der Waals surface area contributed by atoms with Crippen molar-refractivity contribution in [3.63, 3.8) is 0 Å². The quantitative estimate of drug-likeness (QED) is 0.764. The third-order valence-corrected chi connectivity index (χ3v) is 2.81. The van der Waals surface area contributed by atoms with E-state index in [0.717, 1.165) is 0 Å². The first-order chi connectivity index (χ1) is 8.70. The summed E-state index contributed by atoms with van der Waals surface area (Å²) in [5.74, 6) is 0.706. The van der Waals surface area contributed by atoms with E-state index >= 15 is 0 Å². The molecule has 0 aliphatic carbocycles. The number of carbonyl (C=O) groups excluding carboxylic acids is 1. The number of ether oxygens (including phenoxy) is 3. The average molecular weight is 246 g/mol. The van der Waals surface area contributed by atoms with E-state index in [4.69, 9.17) is 15.2 Å². The molecule has 92 valence electrons. The fourth-order valence-corrected chi connectivity index (χ4v) is 1.88. The van der Waals surface area contributed by atoms with E-state index in [1.165, 1.54) is 13.3 Å². The van der Waals surface area contributed by atoms with Gasteiger partial charge in [0.2, 0.25) is 6.79 Å². The largest absolute Gasteiger partial charge is 0.465 e. The number of nitrogens with two attached hydrogens (primary N) is 1. The van der Waals surface area contributed by atoms with Crippen molar-refractivity contribution in [2.24, 2.45) is 0 Å². The lowest BCUT2D eigenvalue weighted by Gasteiger charge is -2.07. The first-order valence-corrected chi connectivity index (χ1v) is 5.27. The van der Waals surface area contributed by atoms with Crippen LogP contribution in [0.1, 0.15) is 10.4 Å². The van der Waals surface area contributed by atoms with E-state index in [1.54, 1.807) is 12.1 Å². The van der Waals surface area contributed by atoms with Crippen LogP contribution < -0.4 is 15.2 Å². The number of anilines is 1. The highest BCUT2D eigenvalue weighted by molar-refractivity contribution is 6.04. The van der Waals surface area contributed by atoms with Crippen LogP contribution in [0.25, 0.3) is 10.9 Å². The van der Waals surface area contributed by atoms with Crippen LogP contribution in [0.5, 0.6) is 11.5 Å². The molecule has 0 atom stereocenters. The molecule has 6 heteroatoms. The van der Waals surface area contributed by atoms with Crippen LogP contribution >= 0.6 is 0 Å². The van der Waals surface area contributed by atoms with Gasteiger partial charge in [-0.25, -0.2) is 4.79 Å². The molecule has 0 bridgehead atoms. The molecule has 0 amide bonds. The first kappa shape index (κ1) is 10.6. The molecule has 2 aromatic rings. The number of carbonyl (C=O) groups is 1. The summed E-state index contributed by atoms with van der Waals surface area (Å²) in [5.41, 5.74) is 7.16. The van der Waals surface area contributed by atoms with Crippen molar-refractivity contribution in [1.29, 1.82) is 0 Å². The first-order valence-electron chi connectivity index (χ1n) is 5.27. The van der Waals surface area contributed by atoms with Crippen LogP contribution in [0, 0.1) is 0 Å². The average Bonchev–Trinajstić information content (AvgIpc) is 2.83. The van der Waals surface area contributed by atoms with Crippen molar-refractivity contribution >= 4 is 22.6 Å². The lowest BCUT2D eigenvalue weighted by molar-refractivity contribution is 0.0601. The number of fused-ring (bicyclic) bond motifs is 2. The summed E-state index contributed by atoms with van der Waals surface area (Å²) in [6.07, 6.45) is 1.39. The lowest BCUT2D eigenvalue weighted by atomic mass is 10.1. The second kappa shape index (κ2) is 3.76. The Morgan fingerprint density at radius 2 is 2.11 bits per heavy atom. The van der Waals surface area contributed by atoms with Gasteiger partial charge >= 0.3 is 5.97 Å². The summed E-state index contributed by atoms with van der Waals surface area (Å²) >= 11 is 0. The minimum atomic E-state index is -0.514. The molecule has 0 saturated heterocycles. The fraction of sp³-hybridized carbons (Fsp3) is 0.167. The van der Waals surface area contributed by atoms with Gasteiger partial charge in [-0.15, -0.1) is 0 Å². The Kier molecular flexibility index (Phi) is 2.22. The van der Waals surface area contributed by atoms with Crippen molar-refractivity contribution in [2.75, 3.05) is 19.6 Å². The molecule has 0 radical (unpaired) electrons. The SMILES string of the molecule is COC(=O)c1cnc2cc3c(cc2c1N)OCO3. The number of nitrogen functional groups attached to an aromatic ring is 1. The van der Waals surface area contributed by atoms with Gasteiger partial charge in [0.25, 0.3) is 0 Å². The molecule has 0 saturated carbocycles. The zero-order valence-electron chi connectivity index (χ0n) is 9.60. The summed E-state index contributed by atoms with van der Waals surface area (Å²) in [7, 11) is 1.30. The third-order valence-electron chi connectivity index (χ3n) is 2.81. The number of benzene rings is 1. The number of methoxy groups -OCH3 is 1. The molecule has 1 aromatic carbocycles. The van der Waals surface area contributed by atoms with Gasteiger partial charge in [-0.05, 0) is 6.07 Å². The Morgan fingerprint density at radius 1 is 1.39 bits per heavy atom. The third kappa shape index (κ3) is 1.42. The minimum Gasteiger partial charge on any atom is -0.465 e. The van der Waals surface area contributed by atoms with E-state index in [0.29, 0.717) is 28.1 Å². The Hall–Kier alpha value is -2.50. The van der Waals surface area contributed by atoms with Gasteiger partial charge < -0.3 is 19.9 Å². The maximum atomic E-state index is 11.5. The highest BCUT2D eigenvalue weighted by Gasteiger charge is 2.19. The second-order valence-electron chi connectivity index (χ2n) is 3.80. The van der Waals surface area contributed by atoms with E-state index in [2.05, 4.69) is 9.72 Å². The zero-order valence-corrected chi connectivity index (χ0v) is 9.60. The molecule has 2 heterocycles. The molecule has 1 aromatic heterocycles. The number of hydrogen-bond acceptors (Lipinski definition) is 6. The second-order valence-corrected chi connectivity index (χ2v) is 3.80. The number of nitrogens with zero attached hydrogens (tertiary/aromatic N) is 1. The smallest absolute Gasteiger partial charge is 0.341 e. The van der Waals surface area contributed by atoms with Crippen molar-refractivity contribution in [3.05, 3.63) is 23.9 Å². The van der Waals surface area contributed by atoms with Gasteiger partial charge in [-0.1, -0.05) is 0 Å². The Bertz CT molecular complexity index is 654. The topological polar surface area (TPSA) is 83.7 Å². The van der Waals surface area contributed by atoms with Crippen LogP contribution in [0.15, 0.2) is 18.3 Å². The number of pyridine rings is 1. The van der Waals surface area contributed by atoms with Crippen LogP contribution in [-0.4, -0.2) is 24.9 Å². The zero-order chi connectivity index (χ0) is 12.7. The maximum absolute atomic E-state index is 11.5. The molecule has 1 aliphatic rings. The maximum Gasteiger partial charge on any atom is 0.341 e. The fourth-order valence-electron chi connectivity index (χ4n) is 1.88.